The molecule has 0 aliphatic heterocycles. The number of nitrogens with zero attached hydrogens (tertiary/aromatic N) is 6. The van der Waals surface area contributed by atoms with Crippen LogP contribution in [0.15, 0.2) is 58.8 Å². The third-order valence-corrected chi connectivity index (χ3v) is 7.95. The number of hydrogen-bond acceptors (Lipinski definition) is 8. The summed E-state index contributed by atoms with van der Waals surface area (Å²) in [5.41, 5.74) is 5.28. The first-order valence-electron chi connectivity index (χ1n) is 11.8. The molecule has 0 aliphatic carbocycles. The Morgan fingerprint density at radius 2 is 1.89 bits per heavy atom. The minimum absolute atomic E-state index is 0. The Morgan fingerprint density at radius 1 is 1.16 bits per heavy atom. The average molecular weight is 559 g/mol. The fraction of sp³-hybridized carbons (Fsp3) is 0.346. The smallest absolute Gasteiger partial charge is 0.319 e. The molecule has 1 N–H and O–H groups in total. The molecule has 0 aliphatic rings. The van der Waals surface area contributed by atoms with Crippen molar-refractivity contribution in [3.05, 3.63) is 76.8 Å². The highest BCUT2D eigenvalue weighted by Crippen LogP contribution is 2.34. The predicted octanol–water partition coefficient (Wildman–Crippen LogP) is 5.62. The quantitative estimate of drug-likeness (QED) is 0.237. The molecule has 196 valence electrons. The second-order valence-corrected chi connectivity index (χ2v) is 11.7. The van der Waals surface area contributed by atoms with Gasteiger partial charge in [0.1, 0.15) is 4.75 Å². The lowest BCUT2D eigenvalue weighted by Gasteiger charge is -2.21. The number of halogens is 1. The summed E-state index contributed by atoms with van der Waals surface area (Å²) < 4.78 is 1.73. The zero-order valence-electron chi connectivity index (χ0n) is 21.3. The monoisotopic (exact) mass is 558 g/mol. The van der Waals surface area contributed by atoms with Gasteiger partial charge in [-0.05, 0) is 44.4 Å². The molecule has 3 aromatic heterocycles. The van der Waals surface area contributed by atoms with E-state index in [2.05, 4.69) is 50.9 Å². The molecule has 0 spiro atoms. The molecular formula is C26H31ClN6O2S2. The standard InChI is InChI=1S/C26H30N6O2S2.ClH/c1-5-19-12-27-24(28-13-19)31(11-10-21-17-35-25(30-21)36-26(3,4)23(33)34)15-20-14-29-32(16-20)22-9-7-6-8-18(22)2;/h6-9,12-14,16-17H,5,10-11,15H2,1-4H3,(H,33,34);1H. The maximum atomic E-state index is 11.5. The number of carbonyl (C=O) groups is 1. The summed E-state index contributed by atoms with van der Waals surface area (Å²) in [4.78, 5) is 27.5. The number of rotatable bonds is 11. The lowest BCUT2D eigenvalue weighted by molar-refractivity contribution is -0.138. The summed E-state index contributed by atoms with van der Waals surface area (Å²) in [6.07, 6.45) is 9.24. The van der Waals surface area contributed by atoms with Crippen LogP contribution in [0.3, 0.4) is 0 Å². The number of carboxylic acids is 1. The number of thiazole rings is 1. The zero-order valence-corrected chi connectivity index (χ0v) is 23.7. The highest BCUT2D eigenvalue weighted by Gasteiger charge is 2.29. The van der Waals surface area contributed by atoms with E-state index in [9.17, 15) is 9.90 Å². The summed E-state index contributed by atoms with van der Waals surface area (Å²) in [7, 11) is 0. The van der Waals surface area contributed by atoms with E-state index in [1.165, 1.54) is 23.1 Å². The topological polar surface area (TPSA) is 97.0 Å². The van der Waals surface area contributed by atoms with Gasteiger partial charge in [0, 0.05) is 49.0 Å². The fourth-order valence-corrected chi connectivity index (χ4v) is 5.75. The summed E-state index contributed by atoms with van der Waals surface area (Å²) in [6, 6.07) is 8.16. The van der Waals surface area contributed by atoms with Gasteiger partial charge in [-0.25, -0.2) is 19.6 Å². The lowest BCUT2D eigenvalue weighted by atomic mass is 10.2. The average Bonchev–Trinajstić information content (AvgIpc) is 3.51. The minimum atomic E-state index is -0.923. The summed E-state index contributed by atoms with van der Waals surface area (Å²) in [6.45, 7) is 8.81. The summed E-state index contributed by atoms with van der Waals surface area (Å²) in [5.74, 6) is -0.193. The van der Waals surface area contributed by atoms with Crippen LogP contribution in [0.5, 0.6) is 0 Å². The number of benzene rings is 1. The van der Waals surface area contributed by atoms with Gasteiger partial charge in [-0.3, -0.25) is 4.79 Å². The summed E-state index contributed by atoms with van der Waals surface area (Å²) >= 11 is 2.75. The molecular weight excluding hydrogens is 528 g/mol. The van der Waals surface area contributed by atoms with Crippen molar-refractivity contribution in [3.8, 4) is 5.69 Å². The second-order valence-electron chi connectivity index (χ2n) is 9.02. The first-order chi connectivity index (χ1) is 17.2. The Morgan fingerprint density at radius 3 is 2.57 bits per heavy atom. The molecule has 0 unspecified atom stereocenters. The lowest BCUT2D eigenvalue weighted by Crippen LogP contribution is -2.27. The molecule has 0 amide bonds. The van der Waals surface area contributed by atoms with Crippen LogP contribution in [0.25, 0.3) is 5.69 Å². The number of hydrogen-bond donors (Lipinski definition) is 1. The van der Waals surface area contributed by atoms with E-state index in [-0.39, 0.29) is 12.4 Å². The Hall–Kier alpha value is -2.95. The molecule has 0 bridgehead atoms. The Balaban J connectivity index is 0.00000380. The van der Waals surface area contributed by atoms with E-state index in [4.69, 9.17) is 0 Å². The second kappa shape index (κ2) is 12.5. The third kappa shape index (κ3) is 7.30. The van der Waals surface area contributed by atoms with Crippen molar-refractivity contribution in [1.29, 1.82) is 0 Å². The Labute approximate surface area is 231 Å². The molecule has 8 nitrogen and oxygen atoms in total. The largest absolute Gasteiger partial charge is 0.480 e. The first-order valence-corrected chi connectivity index (χ1v) is 13.5. The molecule has 0 fully saturated rings. The van der Waals surface area contributed by atoms with Crippen molar-refractivity contribution in [1.82, 2.24) is 24.7 Å². The van der Waals surface area contributed by atoms with Crippen molar-refractivity contribution in [2.24, 2.45) is 0 Å². The third-order valence-electron chi connectivity index (χ3n) is 5.78. The van der Waals surface area contributed by atoms with Gasteiger partial charge in [0.2, 0.25) is 5.95 Å². The van der Waals surface area contributed by atoms with Crippen LogP contribution in [0.1, 0.15) is 43.2 Å². The molecule has 1 aromatic carbocycles. The van der Waals surface area contributed by atoms with Crippen LogP contribution in [-0.2, 0) is 24.2 Å². The van der Waals surface area contributed by atoms with E-state index >= 15 is 0 Å². The van der Waals surface area contributed by atoms with Crippen molar-refractivity contribution >= 4 is 47.4 Å². The van der Waals surface area contributed by atoms with E-state index < -0.39 is 10.7 Å². The molecule has 4 rings (SSSR count). The fourth-order valence-electron chi connectivity index (χ4n) is 3.52. The molecule has 0 saturated heterocycles. The number of carboxylic acid groups (broad SMARTS) is 1. The van der Waals surface area contributed by atoms with Gasteiger partial charge in [0.15, 0.2) is 4.34 Å². The molecule has 3 heterocycles. The van der Waals surface area contributed by atoms with E-state index in [1.54, 1.807) is 13.8 Å². The number of thioether (sulfide) groups is 1. The highest BCUT2D eigenvalue weighted by molar-refractivity contribution is 8.03. The SMILES string of the molecule is CCc1cnc(N(CCc2csc(SC(C)(C)C(=O)O)n2)Cc2cnn(-c3ccccc3C)c2)nc1.Cl. The van der Waals surface area contributed by atoms with E-state index in [1.807, 2.05) is 47.0 Å². The molecule has 11 heteroatoms. The first kappa shape index (κ1) is 28.6. The summed E-state index contributed by atoms with van der Waals surface area (Å²) in [5, 5.41) is 16.0. The van der Waals surface area contributed by atoms with Gasteiger partial charge >= 0.3 is 5.97 Å². The number of aryl methyl sites for hydroxylation is 2. The van der Waals surface area contributed by atoms with Gasteiger partial charge in [-0.2, -0.15) is 5.10 Å². The molecule has 0 radical (unpaired) electrons. The van der Waals surface area contributed by atoms with Gasteiger partial charge in [0.25, 0.3) is 0 Å². The van der Waals surface area contributed by atoms with Crippen LogP contribution in [0, 0.1) is 6.92 Å². The predicted molar refractivity (Wildman–Crippen MR) is 151 cm³/mol. The van der Waals surface area contributed by atoms with Crippen molar-refractivity contribution in [3.63, 3.8) is 0 Å². The zero-order chi connectivity index (χ0) is 25.7. The number of aliphatic carboxylic acids is 1. The van der Waals surface area contributed by atoms with Crippen LogP contribution in [-0.4, -0.2) is 47.1 Å². The van der Waals surface area contributed by atoms with Gasteiger partial charge < -0.3 is 10.0 Å². The van der Waals surface area contributed by atoms with Gasteiger partial charge in [-0.1, -0.05) is 36.9 Å². The maximum Gasteiger partial charge on any atom is 0.319 e. The normalized spacial score (nSPS) is 11.2. The van der Waals surface area contributed by atoms with E-state index in [0.29, 0.717) is 25.5 Å². The van der Waals surface area contributed by atoms with Gasteiger partial charge in [-0.15, -0.1) is 23.7 Å². The number of aromatic nitrogens is 5. The number of para-hydroxylation sites is 1. The van der Waals surface area contributed by atoms with Crippen molar-refractivity contribution < 1.29 is 9.90 Å². The van der Waals surface area contributed by atoms with Gasteiger partial charge in [0.05, 0.1) is 17.6 Å². The molecule has 37 heavy (non-hydrogen) atoms. The highest BCUT2D eigenvalue weighted by atomic mass is 35.5. The Bertz CT molecular complexity index is 1320. The minimum Gasteiger partial charge on any atom is -0.480 e. The number of anilines is 1. The van der Waals surface area contributed by atoms with Crippen LogP contribution < -0.4 is 4.90 Å². The maximum absolute atomic E-state index is 11.5. The molecule has 0 saturated carbocycles. The Kier molecular flexibility index (Phi) is 9.69. The molecule has 0 atom stereocenters. The van der Waals surface area contributed by atoms with Crippen LogP contribution in [0.2, 0.25) is 0 Å². The van der Waals surface area contributed by atoms with Crippen molar-refractivity contribution in [2.75, 3.05) is 11.4 Å². The van der Waals surface area contributed by atoms with Crippen molar-refractivity contribution in [2.45, 2.75) is 56.2 Å². The van der Waals surface area contributed by atoms with Crippen LogP contribution in [0.4, 0.5) is 5.95 Å². The van der Waals surface area contributed by atoms with E-state index in [0.717, 1.165) is 38.8 Å². The van der Waals surface area contributed by atoms with Crippen LogP contribution >= 0.6 is 35.5 Å². The molecule has 4 aromatic rings.